The first-order valence-electron chi connectivity index (χ1n) is 8.03. The lowest BCUT2D eigenvalue weighted by atomic mass is 9.94. The molecule has 0 radical (unpaired) electrons. The van der Waals surface area contributed by atoms with Crippen LogP contribution in [-0.4, -0.2) is 30.1 Å². The lowest BCUT2D eigenvalue weighted by Crippen LogP contribution is -2.37. The van der Waals surface area contributed by atoms with Gasteiger partial charge in [0, 0.05) is 19.2 Å². The van der Waals surface area contributed by atoms with E-state index in [0.717, 1.165) is 12.8 Å². The fraction of sp³-hybridized carbons (Fsp3) is 0.529. The minimum Gasteiger partial charge on any atom is -0.463 e. The van der Waals surface area contributed by atoms with Gasteiger partial charge in [-0.15, -0.1) is 0 Å². The first kappa shape index (κ1) is 17.7. The van der Waals surface area contributed by atoms with Crippen LogP contribution in [-0.2, 0) is 9.53 Å². The van der Waals surface area contributed by atoms with Gasteiger partial charge in [-0.1, -0.05) is 0 Å². The molecule has 1 atom stereocenters. The molecule has 1 aliphatic heterocycles. The van der Waals surface area contributed by atoms with E-state index in [9.17, 15) is 14.9 Å². The van der Waals surface area contributed by atoms with Crippen molar-refractivity contribution in [3.8, 4) is 6.07 Å². The van der Waals surface area contributed by atoms with Crippen LogP contribution in [0.3, 0.4) is 0 Å². The van der Waals surface area contributed by atoms with Gasteiger partial charge in [-0.05, 0) is 44.7 Å². The van der Waals surface area contributed by atoms with Crippen LogP contribution >= 0.6 is 0 Å². The van der Waals surface area contributed by atoms with Gasteiger partial charge in [-0.3, -0.25) is 14.9 Å². The molecule has 0 amide bonds. The predicted octanol–water partition coefficient (Wildman–Crippen LogP) is 3.02. The number of piperidine rings is 1. The van der Waals surface area contributed by atoms with Crippen molar-refractivity contribution < 1.29 is 14.5 Å². The molecule has 1 saturated heterocycles. The maximum Gasteiger partial charge on any atom is 0.306 e. The number of hydrogen-bond donors (Lipinski definition) is 0. The fourth-order valence-electron chi connectivity index (χ4n) is 3.00. The summed E-state index contributed by atoms with van der Waals surface area (Å²) in [6.07, 6.45) is 1.93. The summed E-state index contributed by atoms with van der Waals surface area (Å²) in [6, 6.07) is 6.42. The highest BCUT2D eigenvalue weighted by Crippen LogP contribution is 2.33. The minimum atomic E-state index is -0.465. The summed E-state index contributed by atoms with van der Waals surface area (Å²) in [4.78, 5) is 24.6. The molecule has 24 heavy (non-hydrogen) atoms. The maximum atomic E-state index is 11.8. The number of benzene rings is 1. The molecule has 0 bridgehead atoms. The third kappa shape index (κ3) is 4.44. The highest BCUT2D eigenvalue weighted by atomic mass is 16.6. The number of carbonyl (C=O) groups excluding carboxylic acids is 1. The Hall–Kier alpha value is -2.62. The summed E-state index contributed by atoms with van der Waals surface area (Å²) in [5, 5.41) is 20.2. The van der Waals surface area contributed by atoms with Gasteiger partial charge < -0.3 is 9.64 Å². The SMILES string of the molecule is CC(C)OC(=O)C[C@@H]1CCCN(c2ccc(C#N)cc2[N+](=O)[O-])C1. The average molecular weight is 331 g/mol. The third-order valence-corrected chi connectivity index (χ3v) is 3.98. The third-order valence-electron chi connectivity index (χ3n) is 3.98. The largest absolute Gasteiger partial charge is 0.463 e. The van der Waals surface area contributed by atoms with E-state index < -0.39 is 4.92 Å². The number of hydrogen-bond acceptors (Lipinski definition) is 6. The molecule has 1 aromatic carbocycles. The number of nitro benzene ring substituents is 1. The number of ether oxygens (including phenoxy) is 1. The van der Waals surface area contributed by atoms with Crippen molar-refractivity contribution in [2.24, 2.45) is 5.92 Å². The van der Waals surface area contributed by atoms with Gasteiger partial charge in [0.25, 0.3) is 5.69 Å². The molecule has 2 rings (SSSR count). The Kier molecular flexibility index (Phi) is 5.74. The Balaban J connectivity index is 2.13. The summed E-state index contributed by atoms with van der Waals surface area (Å²) in [5.74, 6) is -0.119. The molecule has 7 heteroatoms. The van der Waals surface area contributed by atoms with Crippen molar-refractivity contribution in [3.05, 3.63) is 33.9 Å². The first-order valence-corrected chi connectivity index (χ1v) is 8.03. The number of nitriles is 1. The van der Waals surface area contributed by atoms with E-state index in [1.54, 1.807) is 12.1 Å². The standard InChI is InChI=1S/C17H21N3O4/c1-12(2)24-17(21)9-14-4-3-7-19(11-14)15-6-5-13(10-18)8-16(15)20(22)23/h5-6,8,12,14H,3-4,7,9,11H2,1-2H3/t14-/m0/s1. The summed E-state index contributed by atoms with van der Waals surface area (Å²) >= 11 is 0. The molecular formula is C17H21N3O4. The van der Waals surface area contributed by atoms with Crippen LogP contribution in [0.4, 0.5) is 11.4 Å². The second-order valence-electron chi connectivity index (χ2n) is 6.27. The van der Waals surface area contributed by atoms with E-state index in [-0.39, 0.29) is 29.2 Å². The Morgan fingerprint density at radius 1 is 1.54 bits per heavy atom. The van der Waals surface area contributed by atoms with E-state index in [0.29, 0.717) is 25.2 Å². The Morgan fingerprint density at radius 2 is 2.29 bits per heavy atom. The van der Waals surface area contributed by atoms with Crippen LogP contribution in [0.2, 0.25) is 0 Å². The quantitative estimate of drug-likeness (QED) is 0.467. The molecule has 0 aromatic heterocycles. The van der Waals surface area contributed by atoms with Crippen LogP contribution in [0.5, 0.6) is 0 Å². The summed E-state index contributed by atoms with van der Waals surface area (Å²) in [6.45, 7) is 4.89. The second kappa shape index (κ2) is 7.77. The molecule has 0 spiro atoms. The molecule has 0 saturated carbocycles. The summed E-state index contributed by atoms with van der Waals surface area (Å²) < 4.78 is 5.18. The van der Waals surface area contributed by atoms with Gasteiger partial charge in [-0.25, -0.2) is 0 Å². The second-order valence-corrected chi connectivity index (χ2v) is 6.27. The number of carbonyl (C=O) groups is 1. The van der Waals surface area contributed by atoms with E-state index in [1.807, 2.05) is 24.8 Å². The number of nitro groups is 1. The monoisotopic (exact) mass is 331 g/mol. The summed E-state index contributed by atoms with van der Waals surface area (Å²) in [7, 11) is 0. The van der Waals surface area contributed by atoms with Crippen molar-refractivity contribution in [2.45, 2.75) is 39.2 Å². The van der Waals surface area contributed by atoms with Gasteiger partial charge in [0.05, 0.1) is 29.1 Å². The van der Waals surface area contributed by atoms with Crippen LogP contribution in [0.1, 0.15) is 38.7 Å². The minimum absolute atomic E-state index is 0.0699. The molecule has 128 valence electrons. The molecule has 1 aromatic rings. The topological polar surface area (TPSA) is 96.5 Å². The highest BCUT2D eigenvalue weighted by Gasteiger charge is 2.27. The molecule has 0 aliphatic carbocycles. The molecule has 7 nitrogen and oxygen atoms in total. The van der Waals surface area contributed by atoms with Crippen LogP contribution in [0.25, 0.3) is 0 Å². The van der Waals surface area contributed by atoms with Crippen molar-refractivity contribution in [1.82, 2.24) is 0 Å². The van der Waals surface area contributed by atoms with Gasteiger partial charge in [0.1, 0.15) is 5.69 Å². The molecule has 1 heterocycles. The number of rotatable bonds is 5. The zero-order valence-corrected chi connectivity index (χ0v) is 13.9. The Bertz CT molecular complexity index is 666. The fourth-order valence-corrected chi connectivity index (χ4v) is 3.00. The van der Waals surface area contributed by atoms with Gasteiger partial charge >= 0.3 is 5.97 Å². The molecule has 1 aliphatic rings. The zero-order valence-electron chi connectivity index (χ0n) is 13.9. The average Bonchev–Trinajstić information content (AvgIpc) is 2.53. The Morgan fingerprint density at radius 3 is 2.92 bits per heavy atom. The highest BCUT2D eigenvalue weighted by molar-refractivity contribution is 5.70. The lowest BCUT2D eigenvalue weighted by molar-refractivity contribution is -0.384. The molecular weight excluding hydrogens is 310 g/mol. The van der Waals surface area contributed by atoms with Crippen molar-refractivity contribution in [2.75, 3.05) is 18.0 Å². The Labute approximate surface area is 141 Å². The normalized spacial score (nSPS) is 17.4. The van der Waals surface area contributed by atoms with E-state index >= 15 is 0 Å². The molecule has 0 N–H and O–H groups in total. The van der Waals surface area contributed by atoms with Crippen LogP contribution in [0.15, 0.2) is 18.2 Å². The van der Waals surface area contributed by atoms with E-state index in [1.165, 1.54) is 6.07 Å². The number of esters is 1. The van der Waals surface area contributed by atoms with Crippen molar-refractivity contribution in [3.63, 3.8) is 0 Å². The number of anilines is 1. The first-order chi connectivity index (χ1) is 11.4. The number of nitrogens with zero attached hydrogens (tertiary/aromatic N) is 3. The maximum absolute atomic E-state index is 11.8. The lowest BCUT2D eigenvalue weighted by Gasteiger charge is -2.33. The molecule has 1 fully saturated rings. The van der Waals surface area contributed by atoms with Crippen molar-refractivity contribution >= 4 is 17.3 Å². The van der Waals surface area contributed by atoms with E-state index in [4.69, 9.17) is 10.00 Å². The van der Waals surface area contributed by atoms with Crippen LogP contribution < -0.4 is 4.90 Å². The summed E-state index contributed by atoms with van der Waals surface area (Å²) in [5.41, 5.74) is 0.694. The van der Waals surface area contributed by atoms with Crippen molar-refractivity contribution in [1.29, 1.82) is 5.26 Å². The van der Waals surface area contributed by atoms with Gasteiger partial charge in [0.2, 0.25) is 0 Å². The molecule has 0 unspecified atom stereocenters. The van der Waals surface area contributed by atoms with Gasteiger partial charge in [0.15, 0.2) is 0 Å². The smallest absolute Gasteiger partial charge is 0.306 e. The van der Waals surface area contributed by atoms with E-state index in [2.05, 4.69) is 0 Å². The predicted molar refractivity (Wildman–Crippen MR) is 88.6 cm³/mol. The van der Waals surface area contributed by atoms with Crippen LogP contribution in [0, 0.1) is 27.4 Å². The zero-order chi connectivity index (χ0) is 17.7. The van der Waals surface area contributed by atoms with Gasteiger partial charge in [-0.2, -0.15) is 5.26 Å².